The standard InChI is InChI=1S/C15H14FN3O2/c1-19-10-12(9-17-19)18-15(21)13-8-11(4-2-3-7-20)5-6-14(13)16/h5-6,8-10,20H,3,7H2,1H3,(H,18,21). The monoisotopic (exact) mass is 287 g/mol. The number of halogens is 1. The Morgan fingerprint density at radius 3 is 3.00 bits per heavy atom. The zero-order chi connectivity index (χ0) is 15.2. The molecule has 0 saturated heterocycles. The van der Waals surface area contributed by atoms with Crippen LogP contribution in [0.25, 0.3) is 0 Å². The summed E-state index contributed by atoms with van der Waals surface area (Å²) in [6.45, 7) is -0.0391. The van der Waals surface area contributed by atoms with Crippen molar-refractivity contribution in [3.63, 3.8) is 0 Å². The molecule has 5 nitrogen and oxygen atoms in total. The number of hydrogen-bond acceptors (Lipinski definition) is 3. The van der Waals surface area contributed by atoms with E-state index in [4.69, 9.17) is 5.11 Å². The Morgan fingerprint density at radius 2 is 2.33 bits per heavy atom. The average Bonchev–Trinajstić information content (AvgIpc) is 2.86. The molecule has 0 aliphatic carbocycles. The number of aliphatic hydroxyl groups excluding tert-OH is 1. The van der Waals surface area contributed by atoms with Crippen molar-refractivity contribution in [2.24, 2.45) is 7.05 Å². The van der Waals surface area contributed by atoms with Crippen molar-refractivity contribution in [2.45, 2.75) is 6.42 Å². The molecule has 21 heavy (non-hydrogen) atoms. The lowest BCUT2D eigenvalue weighted by molar-refractivity contribution is 0.102. The second-order valence-electron chi connectivity index (χ2n) is 4.33. The van der Waals surface area contributed by atoms with Crippen LogP contribution in [0.1, 0.15) is 22.3 Å². The smallest absolute Gasteiger partial charge is 0.258 e. The number of aryl methyl sites for hydroxylation is 1. The van der Waals surface area contributed by atoms with E-state index in [2.05, 4.69) is 22.3 Å². The number of nitrogens with zero attached hydrogens (tertiary/aromatic N) is 2. The molecule has 0 radical (unpaired) electrons. The third-order valence-corrected chi connectivity index (χ3v) is 2.64. The van der Waals surface area contributed by atoms with Gasteiger partial charge in [0.25, 0.3) is 5.91 Å². The number of anilines is 1. The van der Waals surface area contributed by atoms with Gasteiger partial charge in [0.05, 0.1) is 24.1 Å². The van der Waals surface area contributed by atoms with Crippen LogP contribution in [0.15, 0.2) is 30.6 Å². The average molecular weight is 287 g/mol. The Morgan fingerprint density at radius 1 is 1.52 bits per heavy atom. The molecule has 0 fully saturated rings. The number of benzene rings is 1. The normalized spacial score (nSPS) is 9.86. The zero-order valence-electron chi connectivity index (χ0n) is 11.4. The molecule has 1 aromatic carbocycles. The fraction of sp³-hybridized carbons (Fsp3) is 0.200. The van der Waals surface area contributed by atoms with E-state index >= 15 is 0 Å². The minimum absolute atomic E-state index is 0.0391. The molecular formula is C15H14FN3O2. The first-order valence-corrected chi connectivity index (χ1v) is 6.29. The summed E-state index contributed by atoms with van der Waals surface area (Å²) in [4.78, 5) is 12.1. The molecule has 0 aliphatic heterocycles. The molecule has 0 unspecified atom stereocenters. The number of hydrogen-bond donors (Lipinski definition) is 2. The van der Waals surface area contributed by atoms with E-state index in [-0.39, 0.29) is 12.2 Å². The van der Waals surface area contributed by atoms with E-state index in [1.807, 2.05) is 0 Å². The summed E-state index contributed by atoms with van der Waals surface area (Å²) < 4.78 is 15.3. The summed E-state index contributed by atoms with van der Waals surface area (Å²) in [5.74, 6) is 4.30. The lowest BCUT2D eigenvalue weighted by Crippen LogP contribution is -2.13. The number of nitrogens with one attached hydrogen (secondary N) is 1. The minimum Gasteiger partial charge on any atom is -0.395 e. The molecule has 1 heterocycles. The second-order valence-corrected chi connectivity index (χ2v) is 4.33. The maximum Gasteiger partial charge on any atom is 0.258 e. The van der Waals surface area contributed by atoms with Crippen LogP contribution in [0.3, 0.4) is 0 Å². The Balaban J connectivity index is 2.20. The summed E-state index contributed by atoms with van der Waals surface area (Å²) in [7, 11) is 1.72. The van der Waals surface area contributed by atoms with Gasteiger partial charge in [-0.15, -0.1) is 0 Å². The van der Waals surface area contributed by atoms with Gasteiger partial charge in [-0.25, -0.2) is 4.39 Å². The van der Waals surface area contributed by atoms with Gasteiger partial charge in [0.15, 0.2) is 0 Å². The first-order valence-electron chi connectivity index (χ1n) is 6.29. The predicted molar refractivity (Wildman–Crippen MR) is 76.1 cm³/mol. The van der Waals surface area contributed by atoms with Crippen LogP contribution in [0, 0.1) is 17.7 Å². The molecule has 108 valence electrons. The molecule has 2 rings (SSSR count). The van der Waals surface area contributed by atoms with Crippen LogP contribution in [0.5, 0.6) is 0 Å². The fourth-order valence-corrected chi connectivity index (χ4v) is 1.68. The Kier molecular flexibility index (Phi) is 4.69. The number of carbonyl (C=O) groups is 1. The number of carbonyl (C=O) groups excluding carboxylic acids is 1. The maximum atomic E-state index is 13.7. The summed E-state index contributed by atoms with van der Waals surface area (Å²) in [5.41, 5.74) is 0.912. The van der Waals surface area contributed by atoms with Gasteiger partial charge in [0, 0.05) is 25.2 Å². The molecule has 1 aromatic heterocycles. The van der Waals surface area contributed by atoms with E-state index in [0.717, 1.165) is 0 Å². The van der Waals surface area contributed by atoms with Crippen LogP contribution < -0.4 is 5.32 Å². The van der Waals surface area contributed by atoms with Gasteiger partial charge in [-0.1, -0.05) is 11.8 Å². The van der Waals surface area contributed by atoms with E-state index in [1.54, 1.807) is 13.2 Å². The van der Waals surface area contributed by atoms with Crippen molar-refractivity contribution in [3.05, 3.63) is 47.5 Å². The van der Waals surface area contributed by atoms with Crippen molar-refractivity contribution in [2.75, 3.05) is 11.9 Å². The van der Waals surface area contributed by atoms with Crippen molar-refractivity contribution in [1.82, 2.24) is 9.78 Å². The molecule has 0 saturated carbocycles. The summed E-state index contributed by atoms with van der Waals surface area (Å²) in [6, 6.07) is 4.06. The van der Waals surface area contributed by atoms with Gasteiger partial charge < -0.3 is 10.4 Å². The predicted octanol–water partition coefficient (Wildman–Crippen LogP) is 1.55. The molecule has 2 N–H and O–H groups in total. The van der Waals surface area contributed by atoms with E-state index in [0.29, 0.717) is 17.7 Å². The molecular weight excluding hydrogens is 273 g/mol. The highest BCUT2D eigenvalue weighted by Gasteiger charge is 2.13. The Labute approximate surface area is 121 Å². The van der Waals surface area contributed by atoms with E-state index < -0.39 is 11.7 Å². The van der Waals surface area contributed by atoms with Crippen molar-refractivity contribution < 1.29 is 14.3 Å². The van der Waals surface area contributed by atoms with Gasteiger partial charge in [-0.05, 0) is 18.2 Å². The SMILES string of the molecule is Cn1cc(NC(=O)c2cc(C#CCCO)ccc2F)cn1. The maximum absolute atomic E-state index is 13.7. The highest BCUT2D eigenvalue weighted by molar-refractivity contribution is 6.04. The first kappa shape index (κ1) is 14.8. The molecule has 0 spiro atoms. The Hall–Kier alpha value is -2.65. The first-order chi connectivity index (χ1) is 10.1. The van der Waals surface area contributed by atoms with Crippen molar-refractivity contribution in [1.29, 1.82) is 0 Å². The van der Waals surface area contributed by atoms with Crippen molar-refractivity contribution in [3.8, 4) is 11.8 Å². The van der Waals surface area contributed by atoms with Crippen LogP contribution in [0.2, 0.25) is 0 Å². The second kappa shape index (κ2) is 6.68. The third kappa shape index (κ3) is 3.91. The molecule has 1 amide bonds. The van der Waals surface area contributed by atoms with Gasteiger partial charge in [0.2, 0.25) is 0 Å². The van der Waals surface area contributed by atoms with Gasteiger partial charge >= 0.3 is 0 Å². The van der Waals surface area contributed by atoms with Gasteiger partial charge in [-0.2, -0.15) is 5.10 Å². The van der Waals surface area contributed by atoms with Crippen LogP contribution in [-0.2, 0) is 7.05 Å². The highest BCUT2D eigenvalue weighted by atomic mass is 19.1. The molecule has 0 bridgehead atoms. The number of rotatable bonds is 3. The number of amides is 1. The minimum atomic E-state index is -0.621. The lowest BCUT2D eigenvalue weighted by atomic mass is 10.1. The highest BCUT2D eigenvalue weighted by Crippen LogP contribution is 2.13. The van der Waals surface area contributed by atoms with Crippen LogP contribution >= 0.6 is 0 Å². The summed E-state index contributed by atoms with van der Waals surface area (Å²) in [6.07, 6.45) is 3.41. The Bertz CT molecular complexity index is 713. The van der Waals surface area contributed by atoms with Crippen molar-refractivity contribution >= 4 is 11.6 Å². The van der Waals surface area contributed by atoms with Gasteiger partial charge in [-0.3, -0.25) is 9.48 Å². The fourth-order valence-electron chi connectivity index (χ4n) is 1.68. The quantitative estimate of drug-likeness (QED) is 0.842. The number of aliphatic hydroxyl groups is 1. The number of aromatic nitrogens is 2. The third-order valence-electron chi connectivity index (χ3n) is 2.64. The molecule has 6 heteroatoms. The zero-order valence-corrected chi connectivity index (χ0v) is 11.4. The summed E-state index contributed by atoms with van der Waals surface area (Å²) >= 11 is 0. The van der Waals surface area contributed by atoms with Crippen LogP contribution in [-0.4, -0.2) is 27.4 Å². The molecule has 0 atom stereocenters. The lowest BCUT2D eigenvalue weighted by Gasteiger charge is -2.04. The van der Waals surface area contributed by atoms with Crippen LogP contribution in [0.4, 0.5) is 10.1 Å². The van der Waals surface area contributed by atoms with E-state index in [1.165, 1.54) is 29.1 Å². The van der Waals surface area contributed by atoms with E-state index in [9.17, 15) is 9.18 Å². The molecule has 2 aromatic rings. The molecule has 0 aliphatic rings. The van der Waals surface area contributed by atoms with Gasteiger partial charge in [0.1, 0.15) is 5.82 Å². The largest absolute Gasteiger partial charge is 0.395 e. The topological polar surface area (TPSA) is 67.2 Å². The summed E-state index contributed by atoms with van der Waals surface area (Å²) in [5, 5.41) is 15.1.